The van der Waals surface area contributed by atoms with E-state index in [1.165, 1.54) is 5.57 Å². The Kier molecular flexibility index (Phi) is 8.65. The van der Waals surface area contributed by atoms with E-state index in [2.05, 4.69) is 59.5 Å². The molecule has 4 saturated carbocycles. The number of allylic oxidation sites excluding steroid dienone is 1. The van der Waals surface area contributed by atoms with Gasteiger partial charge in [0, 0.05) is 18.4 Å². The zero-order valence-corrected chi connectivity index (χ0v) is 26.7. The van der Waals surface area contributed by atoms with E-state index in [4.69, 9.17) is 4.74 Å². The van der Waals surface area contributed by atoms with Crippen LogP contribution in [0.2, 0.25) is 0 Å². The van der Waals surface area contributed by atoms with Crippen LogP contribution in [0.3, 0.4) is 0 Å². The summed E-state index contributed by atoms with van der Waals surface area (Å²) in [4.78, 5) is 38.3. The van der Waals surface area contributed by atoms with E-state index in [0.29, 0.717) is 37.3 Å². The number of carbonyl (C=O) groups is 3. The number of amides is 1. The molecule has 4 aliphatic rings. The molecule has 1 amide bonds. The molecule has 0 aromatic rings. The van der Waals surface area contributed by atoms with Gasteiger partial charge in [0.15, 0.2) is 0 Å². The fourth-order valence-corrected chi connectivity index (χ4v) is 11.3. The second-order valence-electron chi connectivity index (χ2n) is 15.4. The van der Waals surface area contributed by atoms with Crippen LogP contribution in [0.15, 0.2) is 12.2 Å². The van der Waals surface area contributed by atoms with Crippen LogP contribution in [0.5, 0.6) is 0 Å². The molecule has 0 aromatic carbocycles. The number of nitriles is 1. The third kappa shape index (κ3) is 4.78. The Hall–Kier alpha value is -2.16. The van der Waals surface area contributed by atoms with Gasteiger partial charge in [0.2, 0.25) is 5.91 Å². The number of aldehydes is 1. The predicted molar refractivity (Wildman–Crippen MR) is 160 cm³/mol. The average molecular weight is 567 g/mol. The summed E-state index contributed by atoms with van der Waals surface area (Å²) in [6.07, 6.45) is 9.55. The van der Waals surface area contributed by atoms with Gasteiger partial charge in [-0.05, 0) is 111 Å². The highest BCUT2D eigenvalue weighted by molar-refractivity contribution is 5.84. The van der Waals surface area contributed by atoms with Crippen molar-refractivity contribution >= 4 is 18.2 Å². The Bertz CT molecular complexity index is 1110. The summed E-state index contributed by atoms with van der Waals surface area (Å²) in [5.41, 5.74) is 0.0934. The van der Waals surface area contributed by atoms with Crippen molar-refractivity contribution in [2.75, 3.05) is 13.2 Å². The molecular weight excluding hydrogens is 512 g/mol. The van der Waals surface area contributed by atoms with Crippen molar-refractivity contribution in [3.63, 3.8) is 0 Å². The summed E-state index contributed by atoms with van der Waals surface area (Å²) in [5, 5.41) is 13.2. The highest BCUT2D eigenvalue weighted by Crippen LogP contribution is 2.76. The van der Waals surface area contributed by atoms with Gasteiger partial charge in [-0.3, -0.25) is 9.59 Å². The lowest BCUT2D eigenvalue weighted by molar-refractivity contribution is -0.224. The van der Waals surface area contributed by atoms with Gasteiger partial charge >= 0.3 is 5.97 Å². The fraction of sp³-hybridized carbons (Fsp3) is 0.829. The van der Waals surface area contributed by atoms with Crippen LogP contribution in [-0.2, 0) is 19.1 Å². The van der Waals surface area contributed by atoms with E-state index in [0.717, 1.165) is 57.7 Å². The smallest absolute Gasteiger partial charge is 0.307 e. The zero-order valence-electron chi connectivity index (χ0n) is 26.7. The Labute approximate surface area is 248 Å². The first-order valence-corrected chi connectivity index (χ1v) is 16.1. The normalized spacial score (nSPS) is 41.7. The molecular formula is C35H54N2O4. The monoisotopic (exact) mass is 566 g/mol. The molecule has 0 aliphatic heterocycles. The number of ether oxygens (including phenoxy) is 1. The van der Waals surface area contributed by atoms with Gasteiger partial charge < -0.3 is 14.8 Å². The van der Waals surface area contributed by atoms with Crippen LogP contribution < -0.4 is 5.32 Å². The second kappa shape index (κ2) is 11.2. The molecule has 0 aromatic heterocycles. The molecule has 1 N–H and O–H groups in total. The molecule has 4 fully saturated rings. The van der Waals surface area contributed by atoms with Gasteiger partial charge in [0.05, 0.1) is 24.5 Å². The Morgan fingerprint density at radius 1 is 1.07 bits per heavy atom. The third-order valence-corrected chi connectivity index (χ3v) is 13.4. The molecule has 0 unspecified atom stereocenters. The maximum absolute atomic E-state index is 14.1. The van der Waals surface area contributed by atoms with Crippen molar-refractivity contribution in [1.82, 2.24) is 5.32 Å². The molecule has 4 aliphatic carbocycles. The van der Waals surface area contributed by atoms with Gasteiger partial charge in [0.1, 0.15) is 6.29 Å². The summed E-state index contributed by atoms with van der Waals surface area (Å²) in [6, 6.07) is 2.54. The number of carbonyl (C=O) groups excluding carboxylic acids is 3. The summed E-state index contributed by atoms with van der Waals surface area (Å²) in [5.74, 6) is 1.29. The van der Waals surface area contributed by atoms with Gasteiger partial charge in [0.25, 0.3) is 0 Å². The highest BCUT2D eigenvalue weighted by atomic mass is 16.5. The molecule has 0 spiro atoms. The molecule has 0 heterocycles. The predicted octanol–water partition coefficient (Wildman–Crippen LogP) is 7.03. The van der Waals surface area contributed by atoms with E-state index in [1.54, 1.807) is 6.92 Å². The van der Waals surface area contributed by atoms with Crippen molar-refractivity contribution in [3.05, 3.63) is 12.2 Å². The Morgan fingerprint density at radius 2 is 1.78 bits per heavy atom. The number of fused-ring (bicyclic) bond motifs is 5. The van der Waals surface area contributed by atoms with Crippen molar-refractivity contribution < 1.29 is 19.1 Å². The largest absolute Gasteiger partial charge is 0.466 e. The van der Waals surface area contributed by atoms with Crippen molar-refractivity contribution in [2.45, 2.75) is 113 Å². The standard InChI is InChI=1S/C35H54N2O4/c1-9-41-28(39)14-21-37-30(40)35-16-12-24(23(2)3)29(35)25-10-11-27-32(6,19-20-36)26(31(4,5)22-38)13-15-34(27,8)33(25,7)17-18-35/h22,24-27,29H,2,9-19,21H2,1,3-8H3,(H,37,40)/t24-,25+,26-,27+,29+,32-,33+,34+,35-/m0/s1. The highest BCUT2D eigenvalue weighted by Gasteiger charge is 2.71. The minimum atomic E-state index is -0.468. The van der Waals surface area contributed by atoms with Crippen LogP contribution in [-0.4, -0.2) is 31.3 Å². The summed E-state index contributed by atoms with van der Waals surface area (Å²) < 4.78 is 5.08. The SMILES string of the molecule is C=C(C)[C@@H]1CC[C@]2(C(=O)NCCC(=O)OCC)CC[C@]3(C)[C@H](CC[C@@H]4[C@@](C)(CC#N)[C@H](C(C)(C)C=O)CC[C@]43C)[C@@H]12. The number of nitrogens with zero attached hydrogens (tertiary/aromatic N) is 1. The number of nitrogens with one attached hydrogen (secondary N) is 1. The van der Waals surface area contributed by atoms with E-state index < -0.39 is 10.8 Å². The molecule has 41 heavy (non-hydrogen) atoms. The molecule has 6 heteroatoms. The van der Waals surface area contributed by atoms with E-state index in [9.17, 15) is 19.6 Å². The molecule has 0 saturated heterocycles. The van der Waals surface area contributed by atoms with E-state index in [1.807, 2.05) is 0 Å². The van der Waals surface area contributed by atoms with Crippen LogP contribution in [0, 0.1) is 68.0 Å². The number of hydrogen-bond donors (Lipinski definition) is 1. The van der Waals surface area contributed by atoms with Crippen molar-refractivity contribution in [1.29, 1.82) is 5.26 Å². The van der Waals surface area contributed by atoms with Gasteiger partial charge in [-0.25, -0.2) is 0 Å². The van der Waals surface area contributed by atoms with Gasteiger partial charge in [-0.15, -0.1) is 0 Å². The van der Waals surface area contributed by atoms with Crippen LogP contribution in [0.4, 0.5) is 0 Å². The van der Waals surface area contributed by atoms with Crippen LogP contribution in [0.1, 0.15) is 113 Å². The molecule has 0 bridgehead atoms. The van der Waals surface area contributed by atoms with Crippen LogP contribution in [0.25, 0.3) is 0 Å². The first kappa shape index (κ1) is 31.8. The van der Waals surface area contributed by atoms with Crippen molar-refractivity contribution in [2.24, 2.45) is 56.7 Å². The van der Waals surface area contributed by atoms with Gasteiger partial charge in [-0.1, -0.05) is 46.8 Å². The first-order valence-electron chi connectivity index (χ1n) is 16.1. The summed E-state index contributed by atoms with van der Waals surface area (Å²) >= 11 is 0. The summed E-state index contributed by atoms with van der Waals surface area (Å²) in [6.45, 7) is 20.4. The fourth-order valence-electron chi connectivity index (χ4n) is 11.3. The first-order chi connectivity index (χ1) is 19.2. The second-order valence-corrected chi connectivity index (χ2v) is 15.4. The van der Waals surface area contributed by atoms with E-state index >= 15 is 0 Å². The Balaban J connectivity index is 1.69. The maximum Gasteiger partial charge on any atom is 0.307 e. The topological polar surface area (TPSA) is 96.3 Å². The Morgan fingerprint density at radius 3 is 2.39 bits per heavy atom. The lowest BCUT2D eigenvalue weighted by atomic mass is 9.33. The number of rotatable bonds is 9. The minimum Gasteiger partial charge on any atom is -0.466 e. The van der Waals surface area contributed by atoms with Crippen LogP contribution >= 0.6 is 0 Å². The molecule has 228 valence electrons. The minimum absolute atomic E-state index is 0.0196. The zero-order chi connectivity index (χ0) is 30.4. The number of hydrogen-bond acceptors (Lipinski definition) is 5. The third-order valence-electron chi connectivity index (χ3n) is 13.4. The van der Waals surface area contributed by atoms with Gasteiger partial charge in [-0.2, -0.15) is 5.26 Å². The molecule has 6 nitrogen and oxygen atoms in total. The lowest BCUT2D eigenvalue weighted by Crippen LogP contribution is -2.66. The van der Waals surface area contributed by atoms with Crippen molar-refractivity contribution in [3.8, 4) is 6.07 Å². The lowest BCUT2D eigenvalue weighted by Gasteiger charge is -2.71. The average Bonchev–Trinajstić information content (AvgIpc) is 3.31. The maximum atomic E-state index is 14.1. The van der Waals surface area contributed by atoms with E-state index in [-0.39, 0.29) is 46.4 Å². The molecule has 4 rings (SSSR count). The summed E-state index contributed by atoms with van der Waals surface area (Å²) in [7, 11) is 0. The molecule has 9 atom stereocenters. The quantitative estimate of drug-likeness (QED) is 0.184. The molecule has 0 radical (unpaired) electrons. The number of esters is 1.